The van der Waals surface area contributed by atoms with Gasteiger partial charge in [-0.2, -0.15) is 0 Å². The molecule has 1 N–H and O–H groups in total. The van der Waals surface area contributed by atoms with Crippen molar-refractivity contribution in [3.8, 4) is 0 Å². The van der Waals surface area contributed by atoms with Gasteiger partial charge in [-0.25, -0.2) is 0 Å². The molecule has 2 amide bonds. The summed E-state index contributed by atoms with van der Waals surface area (Å²) >= 11 is 0. The number of nitrogens with one attached hydrogen (secondary N) is 1. The maximum atomic E-state index is 12.0. The highest BCUT2D eigenvalue weighted by atomic mass is 16.2. The van der Waals surface area contributed by atoms with E-state index in [2.05, 4.69) is 33.0 Å². The monoisotopic (exact) mass is 252 g/mol. The molecule has 0 aromatic heterocycles. The number of nitrogens with zero attached hydrogens (tertiary/aromatic N) is 1. The highest BCUT2D eigenvalue weighted by Crippen LogP contribution is 2.47. The van der Waals surface area contributed by atoms with Crippen LogP contribution in [0.4, 0.5) is 0 Å². The number of piperidine rings is 1. The number of carbonyl (C=O) groups excluding carboxylic acids is 2. The summed E-state index contributed by atoms with van der Waals surface area (Å²) in [5, 5.41) is 3.46. The minimum Gasteiger partial charge on any atom is -0.312 e. The summed E-state index contributed by atoms with van der Waals surface area (Å²) in [6, 6.07) is 0.169. The van der Waals surface area contributed by atoms with Crippen molar-refractivity contribution in [2.45, 2.75) is 46.6 Å². The topological polar surface area (TPSA) is 49.4 Å². The third kappa shape index (κ3) is 2.44. The molecule has 0 spiro atoms. The Labute approximate surface area is 109 Å². The molecule has 102 valence electrons. The van der Waals surface area contributed by atoms with Crippen LogP contribution in [-0.4, -0.2) is 35.8 Å². The zero-order chi connectivity index (χ0) is 13.5. The van der Waals surface area contributed by atoms with Crippen molar-refractivity contribution in [3.63, 3.8) is 0 Å². The fourth-order valence-corrected chi connectivity index (χ4v) is 2.58. The van der Waals surface area contributed by atoms with Crippen LogP contribution in [-0.2, 0) is 9.59 Å². The first-order valence-corrected chi connectivity index (χ1v) is 6.95. The molecule has 2 aliphatic rings. The van der Waals surface area contributed by atoms with Gasteiger partial charge in [0.1, 0.15) is 0 Å². The van der Waals surface area contributed by atoms with Gasteiger partial charge in [-0.1, -0.05) is 27.7 Å². The molecule has 0 bridgehead atoms. The molecular formula is C14H24N2O2. The number of rotatable bonds is 5. The minimum atomic E-state index is 0.0179. The van der Waals surface area contributed by atoms with Gasteiger partial charge >= 0.3 is 0 Å². The SMILES string of the molecule is CCCNC(CN1C(=O)C2CC2C1=O)C(C)(C)C. The number of hydrogen-bond donors (Lipinski definition) is 1. The molecule has 4 heteroatoms. The van der Waals surface area contributed by atoms with Crippen molar-refractivity contribution in [2.24, 2.45) is 17.3 Å². The Kier molecular flexibility index (Phi) is 3.49. The molecule has 1 aliphatic heterocycles. The van der Waals surface area contributed by atoms with Crippen LogP contribution >= 0.6 is 0 Å². The standard InChI is InChI=1S/C14H24N2O2/c1-5-6-15-11(14(2,3)4)8-16-12(17)9-7-10(9)13(16)18/h9-11,15H,5-8H2,1-4H3. The second-order valence-corrected chi connectivity index (χ2v) is 6.61. The van der Waals surface area contributed by atoms with Crippen LogP contribution in [0.2, 0.25) is 0 Å². The van der Waals surface area contributed by atoms with Crippen LogP contribution in [0, 0.1) is 17.3 Å². The normalized spacial score (nSPS) is 28.6. The number of imide groups is 1. The van der Waals surface area contributed by atoms with Crippen molar-refractivity contribution in [3.05, 3.63) is 0 Å². The summed E-state index contributed by atoms with van der Waals surface area (Å²) in [4.78, 5) is 25.4. The predicted molar refractivity (Wildman–Crippen MR) is 69.9 cm³/mol. The van der Waals surface area contributed by atoms with E-state index < -0.39 is 0 Å². The van der Waals surface area contributed by atoms with Crippen LogP contribution in [0.15, 0.2) is 0 Å². The van der Waals surface area contributed by atoms with Gasteiger partial charge in [0.2, 0.25) is 11.8 Å². The molecule has 0 aromatic carbocycles. The Balaban J connectivity index is 2.00. The van der Waals surface area contributed by atoms with Crippen molar-refractivity contribution >= 4 is 11.8 Å². The van der Waals surface area contributed by atoms with Gasteiger partial charge in [0, 0.05) is 12.6 Å². The lowest BCUT2D eigenvalue weighted by Gasteiger charge is -2.34. The number of fused-ring (bicyclic) bond motifs is 1. The molecule has 3 unspecified atom stereocenters. The van der Waals surface area contributed by atoms with E-state index in [4.69, 9.17) is 0 Å². The Morgan fingerprint density at radius 1 is 1.28 bits per heavy atom. The summed E-state index contributed by atoms with van der Waals surface area (Å²) in [6.07, 6.45) is 1.84. The number of amides is 2. The van der Waals surface area contributed by atoms with E-state index in [1.165, 1.54) is 4.90 Å². The van der Waals surface area contributed by atoms with Crippen molar-refractivity contribution in [1.29, 1.82) is 0 Å². The highest BCUT2D eigenvalue weighted by Gasteiger charge is 2.59. The van der Waals surface area contributed by atoms with Gasteiger partial charge in [0.15, 0.2) is 0 Å². The van der Waals surface area contributed by atoms with Gasteiger partial charge in [-0.15, -0.1) is 0 Å². The largest absolute Gasteiger partial charge is 0.312 e. The van der Waals surface area contributed by atoms with Crippen LogP contribution < -0.4 is 5.32 Å². The van der Waals surface area contributed by atoms with Crippen molar-refractivity contribution in [1.82, 2.24) is 10.2 Å². The summed E-state index contributed by atoms with van der Waals surface area (Å²) in [6.45, 7) is 10.00. The first-order valence-electron chi connectivity index (χ1n) is 6.95. The van der Waals surface area contributed by atoms with E-state index in [1.807, 2.05) is 0 Å². The molecule has 1 aliphatic carbocycles. The lowest BCUT2D eigenvalue weighted by atomic mass is 9.86. The average Bonchev–Trinajstić information content (AvgIpc) is 3.01. The number of carbonyl (C=O) groups is 2. The lowest BCUT2D eigenvalue weighted by molar-refractivity contribution is -0.142. The number of hydrogen-bond acceptors (Lipinski definition) is 3. The third-order valence-corrected chi connectivity index (χ3v) is 4.01. The molecular weight excluding hydrogens is 228 g/mol. The quantitative estimate of drug-likeness (QED) is 0.753. The molecule has 2 fully saturated rings. The van der Waals surface area contributed by atoms with E-state index in [1.54, 1.807) is 0 Å². The van der Waals surface area contributed by atoms with Gasteiger partial charge in [-0.05, 0) is 24.8 Å². The van der Waals surface area contributed by atoms with Crippen LogP contribution in [0.3, 0.4) is 0 Å². The van der Waals surface area contributed by atoms with Gasteiger partial charge in [-0.3, -0.25) is 14.5 Å². The second-order valence-electron chi connectivity index (χ2n) is 6.61. The van der Waals surface area contributed by atoms with Crippen molar-refractivity contribution in [2.75, 3.05) is 13.1 Å². The summed E-state index contributed by atoms with van der Waals surface area (Å²) in [7, 11) is 0. The Morgan fingerprint density at radius 2 is 1.83 bits per heavy atom. The zero-order valence-corrected chi connectivity index (χ0v) is 11.8. The fraction of sp³-hybridized carbons (Fsp3) is 0.857. The molecule has 4 nitrogen and oxygen atoms in total. The average molecular weight is 252 g/mol. The molecule has 1 saturated carbocycles. The maximum Gasteiger partial charge on any atom is 0.233 e. The molecule has 3 atom stereocenters. The summed E-state index contributed by atoms with van der Waals surface area (Å²) in [5.41, 5.74) is 0.0442. The molecule has 0 radical (unpaired) electrons. The third-order valence-electron chi connectivity index (χ3n) is 4.01. The first kappa shape index (κ1) is 13.5. The number of likely N-dealkylation sites (tertiary alicyclic amines) is 1. The Hall–Kier alpha value is -0.900. The molecule has 1 heterocycles. The van der Waals surface area contributed by atoms with Crippen LogP contribution in [0.25, 0.3) is 0 Å². The fourth-order valence-electron chi connectivity index (χ4n) is 2.58. The van der Waals surface area contributed by atoms with E-state index in [-0.39, 0.29) is 35.1 Å². The van der Waals surface area contributed by atoms with Gasteiger partial charge in [0.05, 0.1) is 11.8 Å². The van der Waals surface area contributed by atoms with E-state index in [0.717, 1.165) is 19.4 Å². The minimum absolute atomic E-state index is 0.0179. The van der Waals surface area contributed by atoms with Gasteiger partial charge in [0.25, 0.3) is 0 Å². The van der Waals surface area contributed by atoms with Crippen LogP contribution in [0.1, 0.15) is 40.5 Å². The zero-order valence-electron chi connectivity index (χ0n) is 11.8. The maximum absolute atomic E-state index is 12.0. The summed E-state index contributed by atoms with van der Waals surface area (Å²) < 4.78 is 0. The molecule has 0 aromatic rings. The lowest BCUT2D eigenvalue weighted by Crippen LogP contribution is -2.51. The van der Waals surface area contributed by atoms with Crippen LogP contribution in [0.5, 0.6) is 0 Å². The van der Waals surface area contributed by atoms with E-state index in [9.17, 15) is 9.59 Å². The van der Waals surface area contributed by atoms with Crippen molar-refractivity contribution < 1.29 is 9.59 Å². The molecule has 1 saturated heterocycles. The van der Waals surface area contributed by atoms with E-state index >= 15 is 0 Å². The first-order chi connectivity index (χ1) is 8.36. The Bertz CT molecular complexity index is 339. The smallest absolute Gasteiger partial charge is 0.233 e. The van der Waals surface area contributed by atoms with Gasteiger partial charge < -0.3 is 5.32 Å². The predicted octanol–water partition coefficient (Wildman–Crippen LogP) is 1.41. The second kappa shape index (κ2) is 4.65. The highest BCUT2D eigenvalue weighted by molar-refractivity contribution is 6.08. The van der Waals surface area contributed by atoms with E-state index in [0.29, 0.717) is 6.54 Å². The Morgan fingerprint density at radius 3 is 2.28 bits per heavy atom. The molecule has 2 rings (SSSR count). The summed E-state index contributed by atoms with van der Waals surface area (Å²) in [5.74, 6) is 0.142. The molecule has 18 heavy (non-hydrogen) atoms.